The van der Waals surface area contributed by atoms with Crippen LogP contribution in [0.4, 0.5) is 0 Å². The summed E-state index contributed by atoms with van der Waals surface area (Å²) >= 11 is 0. The van der Waals surface area contributed by atoms with E-state index in [2.05, 4.69) is 30.1 Å². The molecule has 0 unspecified atom stereocenters. The SMILES string of the molecule is C#CCNCCN(C)C1CCC(CC)CC1. The van der Waals surface area contributed by atoms with E-state index in [0.29, 0.717) is 6.54 Å². The lowest BCUT2D eigenvalue weighted by Gasteiger charge is -2.34. The second-order valence-corrected chi connectivity index (χ2v) is 4.94. The Labute approximate surface area is 101 Å². The molecule has 1 saturated carbocycles. The van der Waals surface area contributed by atoms with E-state index in [1.54, 1.807) is 0 Å². The lowest BCUT2D eigenvalue weighted by atomic mass is 9.84. The van der Waals surface area contributed by atoms with E-state index in [9.17, 15) is 0 Å². The van der Waals surface area contributed by atoms with Gasteiger partial charge in [-0.2, -0.15) is 0 Å². The maximum Gasteiger partial charge on any atom is 0.0574 e. The van der Waals surface area contributed by atoms with Crippen LogP contribution in [0.3, 0.4) is 0 Å². The predicted molar refractivity (Wildman–Crippen MR) is 70.4 cm³/mol. The molecule has 92 valence electrons. The molecule has 0 aromatic heterocycles. The quantitative estimate of drug-likeness (QED) is 0.547. The van der Waals surface area contributed by atoms with Gasteiger partial charge in [-0.25, -0.2) is 0 Å². The molecule has 0 spiro atoms. The number of likely N-dealkylation sites (N-methyl/N-ethyl adjacent to an activating group) is 1. The van der Waals surface area contributed by atoms with Crippen molar-refractivity contribution in [1.29, 1.82) is 0 Å². The third-order valence-electron chi connectivity index (χ3n) is 3.89. The zero-order chi connectivity index (χ0) is 11.8. The summed E-state index contributed by atoms with van der Waals surface area (Å²) in [6, 6.07) is 0.801. The Kier molecular flexibility index (Phi) is 6.52. The van der Waals surface area contributed by atoms with Crippen LogP contribution in [0.2, 0.25) is 0 Å². The van der Waals surface area contributed by atoms with Crippen LogP contribution < -0.4 is 5.32 Å². The topological polar surface area (TPSA) is 15.3 Å². The maximum absolute atomic E-state index is 5.19. The maximum atomic E-state index is 5.19. The molecule has 0 aliphatic heterocycles. The molecular weight excluding hydrogens is 196 g/mol. The predicted octanol–water partition coefficient (Wildman–Crippen LogP) is 2.11. The summed E-state index contributed by atoms with van der Waals surface area (Å²) in [5, 5.41) is 3.25. The minimum Gasteiger partial charge on any atom is -0.305 e. The average molecular weight is 222 g/mol. The summed E-state index contributed by atoms with van der Waals surface area (Å²) < 4.78 is 0. The Morgan fingerprint density at radius 2 is 2.00 bits per heavy atom. The molecule has 1 N–H and O–H groups in total. The molecule has 2 nitrogen and oxygen atoms in total. The molecule has 0 radical (unpaired) electrons. The highest BCUT2D eigenvalue weighted by atomic mass is 15.1. The van der Waals surface area contributed by atoms with Crippen molar-refractivity contribution in [1.82, 2.24) is 10.2 Å². The van der Waals surface area contributed by atoms with E-state index in [0.717, 1.165) is 25.0 Å². The number of terminal acetylenes is 1. The summed E-state index contributed by atoms with van der Waals surface area (Å²) in [4.78, 5) is 2.50. The molecule has 1 aliphatic carbocycles. The molecule has 16 heavy (non-hydrogen) atoms. The van der Waals surface area contributed by atoms with Crippen molar-refractivity contribution in [3.63, 3.8) is 0 Å². The van der Waals surface area contributed by atoms with Crippen LogP contribution in [-0.2, 0) is 0 Å². The first kappa shape index (κ1) is 13.5. The minimum atomic E-state index is 0.691. The van der Waals surface area contributed by atoms with Crippen molar-refractivity contribution in [2.45, 2.75) is 45.1 Å². The summed E-state index contributed by atoms with van der Waals surface area (Å²) in [6.07, 6.45) is 12.2. The van der Waals surface area contributed by atoms with Gasteiger partial charge in [-0.3, -0.25) is 0 Å². The normalized spacial score (nSPS) is 25.6. The number of hydrogen-bond donors (Lipinski definition) is 1. The van der Waals surface area contributed by atoms with Crippen LogP contribution in [0.25, 0.3) is 0 Å². The van der Waals surface area contributed by atoms with Crippen LogP contribution in [-0.4, -0.2) is 37.6 Å². The van der Waals surface area contributed by atoms with Gasteiger partial charge in [0, 0.05) is 19.1 Å². The highest BCUT2D eigenvalue weighted by Crippen LogP contribution is 2.28. The van der Waals surface area contributed by atoms with Gasteiger partial charge >= 0.3 is 0 Å². The van der Waals surface area contributed by atoms with E-state index in [1.807, 2.05) is 0 Å². The van der Waals surface area contributed by atoms with Crippen molar-refractivity contribution in [3.05, 3.63) is 0 Å². The fourth-order valence-electron chi connectivity index (χ4n) is 2.59. The van der Waals surface area contributed by atoms with Crippen molar-refractivity contribution in [2.24, 2.45) is 5.92 Å². The first-order chi connectivity index (χ1) is 7.77. The minimum absolute atomic E-state index is 0.691. The highest BCUT2D eigenvalue weighted by Gasteiger charge is 2.22. The highest BCUT2D eigenvalue weighted by molar-refractivity contribution is 4.86. The summed E-state index contributed by atoms with van der Waals surface area (Å²) in [5.74, 6) is 3.59. The van der Waals surface area contributed by atoms with Crippen molar-refractivity contribution < 1.29 is 0 Å². The molecule has 0 aromatic carbocycles. The first-order valence-electron chi connectivity index (χ1n) is 6.62. The van der Waals surface area contributed by atoms with Gasteiger partial charge in [0.1, 0.15) is 0 Å². The van der Waals surface area contributed by atoms with E-state index in [1.165, 1.54) is 32.1 Å². The molecule has 0 bridgehead atoms. The Morgan fingerprint density at radius 3 is 2.56 bits per heavy atom. The zero-order valence-electron chi connectivity index (χ0n) is 10.8. The molecule has 0 aromatic rings. The first-order valence-corrected chi connectivity index (χ1v) is 6.62. The van der Waals surface area contributed by atoms with Crippen LogP contribution in [0.15, 0.2) is 0 Å². The van der Waals surface area contributed by atoms with Crippen LogP contribution in [0.5, 0.6) is 0 Å². The standard InChI is InChI=1S/C14H26N2/c1-4-10-15-11-12-16(3)14-8-6-13(5-2)7-9-14/h1,13-15H,5-12H2,2-3H3. The average Bonchev–Trinajstić information content (AvgIpc) is 2.34. The molecular formula is C14H26N2. The molecule has 2 heteroatoms. The Balaban J connectivity index is 2.13. The zero-order valence-corrected chi connectivity index (χ0v) is 10.8. The van der Waals surface area contributed by atoms with E-state index in [-0.39, 0.29) is 0 Å². The lowest BCUT2D eigenvalue weighted by molar-refractivity contribution is 0.164. The second kappa shape index (κ2) is 7.70. The fraction of sp³-hybridized carbons (Fsp3) is 0.857. The van der Waals surface area contributed by atoms with Gasteiger partial charge in [-0.05, 0) is 38.6 Å². The molecule has 0 amide bonds. The smallest absolute Gasteiger partial charge is 0.0574 e. The molecule has 1 aliphatic rings. The summed E-state index contributed by atoms with van der Waals surface area (Å²) in [6.45, 7) is 5.13. The number of nitrogens with one attached hydrogen (secondary N) is 1. The van der Waals surface area contributed by atoms with E-state index < -0.39 is 0 Å². The largest absolute Gasteiger partial charge is 0.305 e. The van der Waals surface area contributed by atoms with Gasteiger partial charge in [-0.1, -0.05) is 19.3 Å². The Morgan fingerprint density at radius 1 is 1.31 bits per heavy atom. The third kappa shape index (κ3) is 4.55. The van der Waals surface area contributed by atoms with Gasteiger partial charge in [0.05, 0.1) is 6.54 Å². The van der Waals surface area contributed by atoms with Gasteiger partial charge in [-0.15, -0.1) is 6.42 Å². The summed E-state index contributed by atoms with van der Waals surface area (Å²) in [7, 11) is 2.24. The van der Waals surface area contributed by atoms with Crippen molar-refractivity contribution in [2.75, 3.05) is 26.7 Å². The van der Waals surface area contributed by atoms with Crippen molar-refractivity contribution in [3.8, 4) is 12.3 Å². The van der Waals surface area contributed by atoms with Crippen LogP contribution in [0.1, 0.15) is 39.0 Å². The molecule has 1 rings (SSSR count). The second-order valence-electron chi connectivity index (χ2n) is 4.94. The van der Waals surface area contributed by atoms with Gasteiger partial charge in [0.25, 0.3) is 0 Å². The number of rotatable bonds is 6. The van der Waals surface area contributed by atoms with Crippen LogP contribution >= 0.6 is 0 Å². The molecule has 0 atom stereocenters. The number of nitrogens with zero attached hydrogens (tertiary/aromatic N) is 1. The molecule has 0 saturated heterocycles. The van der Waals surface area contributed by atoms with Crippen molar-refractivity contribution >= 4 is 0 Å². The van der Waals surface area contributed by atoms with E-state index >= 15 is 0 Å². The monoisotopic (exact) mass is 222 g/mol. The lowest BCUT2D eigenvalue weighted by Crippen LogP contribution is -2.39. The van der Waals surface area contributed by atoms with Gasteiger partial charge < -0.3 is 10.2 Å². The molecule has 0 heterocycles. The van der Waals surface area contributed by atoms with E-state index in [4.69, 9.17) is 6.42 Å². The van der Waals surface area contributed by atoms with Gasteiger partial charge in [0.15, 0.2) is 0 Å². The Hall–Kier alpha value is -0.520. The summed E-state index contributed by atoms with van der Waals surface area (Å²) in [5.41, 5.74) is 0. The Bertz CT molecular complexity index is 211. The molecule has 1 fully saturated rings. The van der Waals surface area contributed by atoms with Crippen LogP contribution in [0, 0.1) is 18.3 Å². The number of hydrogen-bond acceptors (Lipinski definition) is 2. The van der Waals surface area contributed by atoms with Gasteiger partial charge in [0.2, 0.25) is 0 Å². The fourth-order valence-corrected chi connectivity index (χ4v) is 2.59. The third-order valence-corrected chi connectivity index (χ3v) is 3.89.